The number of hydrogen-bond donors (Lipinski definition) is 0. The molecule has 4 heterocycles. The molecule has 1 atom stereocenters. The molecule has 9 rings (SSSR count). The van der Waals surface area contributed by atoms with Gasteiger partial charge in [-0.05, 0) is 88.1 Å². The molecule has 4 aromatic carbocycles. The monoisotopic (exact) mass is 575 g/mol. The number of allylic oxidation sites excluding steroid dienone is 4. The van der Waals surface area contributed by atoms with Crippen molar-refractivity contribution in [3.63, 3.8) is 0 Å². The van der Waals surface area contributed by atoms with Crippen LogP contribution in [0.2, 0.25) is 0 Å². The Bertz CT molecular complexity index is 2170. The Morgan fingerprint density at radius 2 is 1.38 bits per heavy atom. The highest BCUT2D eigenvalue weighted by atomic mass is 15.1. The summed E-state index contributed by atoms with van der Waals surface area (Å²) in [7, 11) is 0. The molecule has 45 heavy (non-hydrogen) atoms. The molecule has 6 aromatic rings. The minimum absolute atomic E-state index is 0.152. The Morgan fingerprint density at radius 3 is 2.22 bits per heavy atom. The quantitative estimate of drug-likeness (QED) is 0.197. The van der Waals surface area contributed by atoms with Crippen molar-refractivity contribution in [3.05, 3.63) is 157 Å². The first kappa shape index (κ1) is 26.0. The second-order valence-electron chi connectivity index (χ2n) is 12.3. The zero-order valence-electron chi connectivity index (χ0n) is 25.1. The third kappa shape index (κ3) is 4.13. The lowest BCUT2D eigenvalue weighted by Crippen LogP contribution is -2.54. The van der Waals surface area contributed by atoms with Crippen molar-refractivity contribution in [2.24, 2.45) is 5.92 Å². The Morgan fingerprint density at radius 1 is 0.644 bits per heavy atom. The average molecular weight is 576 g/mol. The van der Waals surface area contributed by atoms with Gasteiger partial charge in [-0.1, -0.05) is 97.3 Å². The lowest BCUT2D eigenvalue weighted by atomic mass is 9.40. The number of fused-ring (bicyclic) bond motifs is 10. The Labute approximate surface area is 264 Å². The van der Waals surface area contributed by atoms with E-state index >= 15 is 0 Å². The van der Waals surface area contributed by atoms with E-state index in [0.29, 0.717) is 5.92 Å². The van der Waals surface area contributed by atoms with Gasteiger partial charge in [0.1, 0.15) is 0 Å². The van der Waals surface area contributed by atoms with Gasteiger partial charge in [0.15, 0.2) is 0 Å². The first-order valence-corrected chi connectivity index (χ1v) is 15.7. The van der Waals surface area contributed by atoms with E-state index < -0.39 is 0 Å². The van der Waals surface area contributed by atoms with E-state index in [1.807, 2.05) is 36.8 Å². The van der Waals surface area contributed by atoms with E-state index in [0.717, 1.165) is 28.8 Å². The zero-order valence-corrected chi connectivity index (χ0v) is 25.1. The smallest absolute Gasteiger partial charge is 0.325 e. The Hall–Kier alpha value is -5.48. The molecule has 1 aliphatic carbocycles. The molecule has 0 radical (unpaired) electrons. The predicted molar refractivity (Wildman–Crippen MR) is 188 cm³/mol. The zero-order chi connectivity index (χ0) is 29.9. The van der Waals surface area contributed by atoms with E-state index in [2.05, 4.69) is 131 Å². The number of anilines is 2. The predicted octanol–water partition coefficient (Wildman–Crippen LogP) is 9.40. The molecule has 2 aliphatic heterocycles. The summed E-state index contributed by atoms with van der Waals surface area (Å²) < 4.78 is 0. The van der Waals surface area contributed by atoms with Crippen molar-refractivity contribution in [1.82, 2.24) is 9.97 Å². The molecule has 0 saturated heterocycles. The highest BCUT2D eigenvalue weighted by molar-refractivity contribution is 6.87. The fourth-order valence-corrected chi connectivity index (χ4v) is 7.56. The van der Waals surface area contributed by atoms with Crippen LogP contribution in [0.3, 0.4) is 0 Å². The summed E-state index contributed by atoms with van der Waals surface area (Å²) in [6.07, 6.45) is 11.5. The Balaban J connectivity index is 1.25. The van der Waals surface area contributed by atoms with Crippen LogP contribution >= 0.6 is 0 Å². The first-order valence-electron chi connectivity index (χ1n) is 15.7. The van der Waals surface area contributed by atoms with E-state index in [4.69, 9.17) is 0 Å². The normalized spacial score (nSPS) is 16.0. The number of rotatable bonds is 3. The fraction of sp³-hybridized carbons (Fsp3) is 0.0732. The van der Waals surface area contributed by atoms with E-state index in [9.17, 15) is 0 Å². The molecule has 0 amide bonds. The van der Waals surface area contributed by atoms with Gasteiger partial charge in [-0.25, -0.2) is 0 Å². The lowest BCUT2D eigenvalue weighted by molar-refractivity contribution is 0.718. The topological polar surface area (TPSA) is 29.0 Å². The number of nitrogens with zero attached hydrogens (tertiary/aromatic N) is 3. The summed E-state index contributed by atoms with van der Waals surface area (Å²) in [5.74, 6) is 0.432. The SMILES string of the molecule is CC1CC=CC2=C1B1c3ccccc3-c3cc(-c4ccccc4)ccc3N1c1ccc(-c3cncc(-c4ccccn4)c3)cc12. The van der Waals surface area contributed by atoms with E-state index in [-0.39, 0.29) is 6.85 Å². The van der Waals surface area contributed by atoms with Crippen LogP contribution in [0.1, 0.15) is 18.9 Å². The maximum absolute atomic E-state index is 4.62. The van der Waals surface area contributed by atoms with Crippen molar-refractivity contribution < 1.29 is 0 Å². The largest absolute Gasteiger partial charge is 0.376 e. The second-order valence-corrected chi connectivity index (χ2v) is 12.3. The minimum Gasteiger partial charge on any atom is -0.376 e. The van der Waals surface area contributed by atoms with Crippen molar-refractivity contribution in [3.8, 4) is 44.6 Å². The lowest BCUT2D eigenvalue weighted by Gasteiger charge is -2.46. The molecule has 0 bridgehead atoms. The second kappa shape index (κ2) is 10.3. The van der Waals surface area contributed by atoms with Crippen molar-refractivity contribution in [2.75, 3.05) is 4.81 Å². The number of pyridine rings is 2. The molecule has 2 aromatic heterocycles. The van der Waals surface area contributed by atoms with Gasteiger partial charge in [-0.3, -0.25) is 9.97 Å². The first-order chi connectivity index (χ1) is 22.2. The maximum atomic E-state index is 4.62. The molecule has 3 nitrogen and oxygen atoms in total. The van der Waals surface area contributed by atoms with E-state index in [1.165, 1.54) is 55.7 Å². The third-order valence-electron chi connectivity index (χ3n) is 9.66. The van der Waals surface area contributed by atoms with Crippen LogP contribution in [0.4, 0.5) is 11.4 Å². The fourth-order valence-electron chi connectivity index (χ4n) is 7.56. The molecule has 0 fully saturated rings. The average Bonchev–Trinajstić information content (AvgIpc) is 3.12. The summed E-state index contributed by atoms with van der Waals surface area (Å²) in [4.78, 5) is 11.8. The van der Waals surface area contributed by atoms with Crippen LogP contribution in [0.15, 0.2) is 151 Å². The molecule has 0 spiro atoms. The molecule has 3 aliphatic rings. The van der Waals surface area contributed by atoms with Gasteiger partial charge in [-0.15, -0.1) is 0 Å². The number of benzene rings is 4. The van der Waals surface area contributed by atoms with Crippen molar-refractivity contribution in [1.29, 1.82) is 0 Å². The molecule has 1 unspecified atom stereocenters. The van der Waals surface area contributed by atoms with Crippen molar-refractivity contribution in [2.45, 2.75) is 13.3 Å². The van der Waals surface area contributed by atoms with Crippen LogP contribution in [0, 0.1) is 5.92 Å². The standard InChI is InChI=1S/C41H30BN3/c1-27-10-9-14-34-36-24-30(31-22-32(26-43-25-31)38-16-7-8-21-44-38)18-20-40(36)45-39-19-17-29(28-11-3-2-4-12-28)23-35(39)33-13-5-6-15-37(33)42(45)41(27)34/h2-9,11-27H,10H2,1H3. The summed E-state index contributed by atoms with van der Waals surface area (Å²) >= 11 is 0. The number of aromatic nitrogens is 2. The van der Waals surface area contributed by atoms with Gasteiger partial charge in [0, 0.05) is 52.2 Å². The van der Waals surface area contributed by atoms with Crippen LogP contribution in [-0.2, 0) is 0 Å². The van der Waals surface area contributed by atoms with E-state index in [1.54, 1.807) is 0 Å². The van der Waals surface area contributed by atoms with Gasteiger partial charge < -0.3 is 4.81 Å². The van der Waals surface area contributed by atoms with Gasteiger partial charge in [0.25, 0.3) is 0 Å². The minimum atomic E-state index is 0.152. The summed E-state index contributed by atoms with van der Waals surface area (Å²) in [6, 6.07) is 41.9. The van der Waals surface area contributed by atoms with Crippen LogP contribution in [0.25, 0.3) is 50.2 Å². The molecule has 0 N–H and O–H groups in total. The number of hydrogen-bond acceptors (Lipinski definition) is 3. The van der Waals surface area contributed by atoms with Crippen molar-refractivity contribution >= 4 is 29.3 Å². The third-order valence-corrected chi connectivity index (χ3v) is 9.66. The summed E-state index contributed by atoms with van der Waals surface area (Å²) in [5, 5.41) is 0. The van der Waals surface area contributed by atoms with Crippen LogP contribution < -0.4 is 10.3 Å². The summed E-state index contributed by atoms with van der Waals surface area (Å²) in [6.45, 7) is 2.54. The summed E-state index contributed by atoms with van der Waals surface area (Å²) in [5.41, 5.74) is 17.3. The molecule has 4 heteroatoms. The van der Waals surface area contributed by atoms with Gasteiger partial charge in [-0.2, -0.15) is 0 Å². The van der Waals surface area contributed by atoms with Gasteiger partial charge in [0.05, 0.1) is 5.69 Å². The maximum Gasteiger partial charge on any atom is 0.325 e. The Kier molecular flexibility index (Phi) is 5.95. The molecule has 212 valence electrons. The highest BCUT2D eigenvalue weighted by Crippen LogP contribution is 2.51. The molecular formula is C41H30BN3. The molecule has 0 saturated carbocycles. The van der Waals surface area contributed by atoms with Crippen LogP contribution in [-0.4, -0.2) is 16.8 Å². The van der Waals surface area contributed by atoms with Gasteiger partial charge >= 0.3 is 6.85 Å². The van der Waals surface area contributed by atoms with Crippen LogP contribution in [0.5, 0.6) is 0 Å². The molecular weight excluding hydrogens is 545 g/mol. The highest BCUT2D eigenvalue weighted by Gasteiger charge is 2.45. The van der Waals surface area contributed by atoms with Gasteiger partial charge in [0.2, 0.25) is 0 Å².